The van der Waals surface area contributed by atoms with Gasteiger partial charge in [-0.1, -0.05) is 17.4 Å². The van der Waals surface area contributed by atoms with Crippen LogP contribution in [-0.2, 0) is 19.9 Å². The lowest BCUT2D eigenvalue weighted by molar-refractivity contribution is -0.384. The quantitative estimate of drug-likeness (QED) is 0.457. The second-order valence-electron chi connectivity index (χ2n) is 5.30. The highest BCUT2D eigenvalue weighted by molar-refractivity contribution is 7.94. The monoisotopic (exact) mass is 443 g/mol. The van der Waals surface area contributed by atoms with Crippen molar-refractivity contribution in [3.8, 4) is 0 Å². The number of hydrogen-bond acceptors (Lipinski definition) is 8. The summed E-state index contributed by atoms with van der Waals surface area (Å²) in [6.07, 6.45) is 0.963. The predicted molar refractivity (Wildman–Crippen MR) is 97.9 cm³/mol. The van der Waals surface area contributed by atoms with Crippen molar-refractivity contribution < 1.29 is 26.1 Å². The molecule has 0 aliphatic carbocycles. The van der Waals surface area contributed by atoms with Crippen molar-refractivity contribution in [2.24, 2.45) is 0 Å². The number of sulfone groups is 1. The molecule has 0 saturated carbocycles. The molecule has 0 unspecified atom stereocenters. The summed E-state index contributed by atoms with van der Waals surface area (Å²) < 4.78 is 64.7. The molecule has 13 heteroatoms. The van der Waals surface area contributed by atoms with Gasteiger partial charge in [0.05, 0.1) is 20.9 Å². The topological polar surface area (TPSA) is 136 Å². The maximum atomic E-state index is 13.2. The molecule has 0 saturated heterocycles. The van der Waals surface area contributed by atoms with E-state index in [-0.39, 0.29) is 24.8 Å². The zero-order valence-corrected chi connectivity index (χ0v) is 16.1. The number of non-ortho nitro benzene ring substituents is 1. The Bertz CT molecular complexity index is 1250. The van der Waals surface area contributed by atoms with Gasteiger partial charge in [-0.3, -0.25) is 14.8 Å². The fourth-order valence-electron chi connectivity index (χ4n) is 2.10. The lowest BCUT2D eigenvalue weighted by Gasteiger charge is -2.05. The molecule has 1 N–H and O–H groups in total. The van der Waals surface area contributed by atoms with E-state index in [4.69, 9.17) is 0 Å². The molecule has 2 aromatic carbocycles. The van der Waals surface area contributed by atoms with Crippen LogP contribution in [0.15, 0.2) is 68.7 Å². The molecule has 1 aromatic heterocycles. The zero-order chi connectivity index (χ0) is 20.5. The molecule has 0 amide bonds. The number of benzene rings is 2. The van der Waals surface area contributed by atoms with E-state index in [0.717, 1.165) is 42.6 Å². The Hall–Kier alpha value is -2.90. The highest BCUT2D eigenvalue weighted by Crippen LogP contribution is 2.30. The molecule has 1 heterocycles. The third-order valence-corrected chi connectivity index (χ3v) is 8.04. The van der Waals surface area contributed by atoms with E-state index in [1.807, 2.05) is 0 Å². The number of nitro groups is 1. The van der Waals surface area contributed by atoms with Gasteiger partial charge < -0.3 is 0 Å². The third-order valence-electron chi connectivity index (χ3n) is 3.44. The fraction of sp³-hybridized carbons (Fsp3) is 0. The SMILES string of the molecule is O=[N+]([O-])c1ccc(S(=O)(=O)c2cnc(NS(=O)(=O)c3cccc(F)c3)s2)cc1. The minimum atomic E-state index is -4.16. The summed E-state index contributed by atoms with van der Waals surface area (Å²) in [6.45, 7) is 0. The van der Waals surface area contributed by atoms with Gasteiger partial charge in [-0.05, 0) is 30.3 Å². The van der Waals surface area contributed by atoms with Gasteiger partial charge in [-0.15, -0.1) is 0 Å². The van der Waals surface area contributed by atoms with E-state index in [1.165, 1.54) is 12.1 Å². The first-order valence-electron chi connectivity index (χ1n) is 7.33. The molecule has 3 aromatic rings. The van der Waals surface area contributed by atoms with Crippen LogP contribution in [-0.4, -0.2) is 26.7 Å². The van der Waals surface area contributed by atoms with E-state index in [1.54, 1.807) is 0 Å². The summed E-state index contributed by atoms with van der Waals surface area (Å²) >= 11 is 0.554. The maximum absolute atomic E-state index is 13.2. The minimum absolute atomic E-state index is 0.207. The minimum Gasteiger partial charge on any atom is -0.258 e. The van der Waals surface area contributed by atoms with Crippen molar-refractivity contribution in [3.05, 3.63) is 70.7 Å². The number of sulfonamides is 1. The molecular formula is C15H10FN3O6S3. The Labute approximate surface area is 162 Å². The average molecular weight is 443 g/mol. The van der Waals surface area contributed by atoms with Gasteiger partial charge >= 0.3 is 0 Å². The zero-order valence-electron chi connectivity index (χ0n) is 13.6. The van der Waals surface area contributed by atoms with E-state index in [0.29, 0.717) is 11.3 Å². The number of hydrogen-bond donors (Lipinski definition) is 1. The summed E-state index contributed by atoms with van der Waals surface area (Å²) in [6, 6.07) is 8.52. The number of thiazole rings is 1. The predicted octanol–water partition coefficient (Wildman–Crippen LogP) is 2.82. The van der Waals surface area contributed by atoms with Crippen LogP contribution in [0.4, 0.5) is 15.2 Å². The first kappa shape index (κ1) is 19.9. The van der Waals surface area contributed by atoms with Crippen LogP contribution in [0.3, 0.4) is 0 Å². The molecule has 28 heavy (non-hydrogen) atoms. The first-order chi connectivity index (χ1) is 13.1. The molecule has 3 rings (SSSR count). The van der Waals surface area contributed by atoms with Crippen LogP contribution in [0.1, 0.15) is 0 Å². The molecule has 9 nitrogen and oxygen atoms in total. The van der Waals surface area contributed by atoms with Gasteiger partial charge in [-0.2, -0.15) is 0 Å². The highest BCUT2D eigenvalue weighted by atomic mass is 32.2. The number of nitro benzene ring substituents is 1. The summed E-state index contributed by atoms with van der Waals surface area (Å²) in [5, 5.41) is 10.4. The van der Waals surface area contributed by atoms with Crippen LogP contribution >= 0.6 is 11.3 Å². The lowest BCUT2D eigenvalue weighted by Crippen LogP contribution is -2.12. The molecule has 0 fully saturated rings. The Morgan fingerprint density at radius 2 is 1.71 bits per heavy atom. The molecule has 0 aliphatic heterocycles. The van der Waals surface area contributed by atoms with E-state index in [9.17, 15) is 31.3 Å². The number of halogens is 1. The Balaban J connectivity index is 1.88. The van der Waals surface area contributed by atoms with Gasteiger partial charge in [0.1, 0.15) is 10.0 Å². The van der Waals surface area contributed by atoms with Crippen LogP contribution in [0.5, 0.6) is 0 Å². The molecular weight excluding hydrogens is 433 g/mol. The van der Waals surface area contributed by atoms with Crippen LogP contribution in [0.25, 0.3) is 0 Å². The van der Waals surface area contributed by atoms with Crippen LogP contribution < -0.4 is 4.72 Å². The van der Waals surface area contributed by atoms with Crippen molar-refractivity contribution >= 4 is 42.0 Å². The standard InChI is InChI=1S/C15H10FN3O6S3/c16-10-2-1-3-13(8-10)28(24,25)18-15-17-9-14(26-15)27(22,23)12-6-4-11(5-7-12)19(20)21/h1-9H,(H,17,18). The van der Waals surface area contributed by atoms with Gasteiger partial charge in [0.15, 0.2) is 5.13 Å². The average Bonchev–Trinajstić information content (AvgIpc) is 3.10. The third kappa shape index (κ3) is 4.00. The largest absolute Gasteiger partial charge is 0.269 e. The molecule has 0 spiro atoms. The summed E-state index contributed by atoms with van der Waals surface area (Å²) in [7, 11) is -8.21. The van der Waals surface area contributed by atoms with Crippen molar-refractivity contribution in [3.63, 3.8) is 0 Å². The normalized spacial score (nSPS) is 11.9. The molecule has 146 valence electrons. The summed E-state index contributed by atoms with van der Waals surface area (Å²) in [5.41, 5.74) is -0.271. The first-order valence-corrected chi connectivity index (χ1v) is 11.1. The summed E-state index contributed by atoms with van der Waals surface area (Å²) in [5.74, 6) is -0.747. The van der Waals surface area contributed by atoms with E-state index >= 15 is 0 Å². The van der Waals surface area contributed by atoms with Gasteiger partial charge in [0.25, 0.3) is 15.7 Å². The Morgan fingerprint density at radius 1 is 1.04 bits per heavy atom. The van der Waals surface area contributed by atoms with Gasteiger partial charge in [0, 0.05) is 12.1 Å². The van der Waals surface area contributed by atoms with Crippen LogP contribution in [0.2, 0.25) is 0 Å². The molecule has 0 aliphatic rings. The molecule has 0 atom stereocenters. The van der Waals surface area contributed by atoms with Crippen molar-refractivity contribution in [1.82, 2.24) is 4.98 Å². The van der Waals surface area contributed by atoms with Gasteiger partial charge in [0.2, 0.25) is 9.84 Å². The number of rotatable bonds is 6. The Morgan fingerprint density at radius 3 is 2.32 bits per heavy atom. The smallest absolute Gasteiger partial charge is 0.258 e. The number of anilines is 1. The number of aromatic nitrogens is 1. The molecule has 0 bridgehead atoms. The van der Waals surface area contributed by atoms with Crippen molar-refractivity contribution in [2.45, 2.75) is 14.0 Å². The lowest BCUT2D eigenvalue weighted by atomic mass is 10.3. The van der Waals surface area contributed by atoms with Gasteiger partial charge in [-0.25, -0.2) is 26.2 Å². The fourth-order valence-corrected chi connectivity index (χ4v) is 5.81. The van der Waals surface area contributed by atoms with E-state index < -0.39 is 30.6 Å². The number of nitrogens with one attached hydrogen (secondary N) is 1. The molecule has 0 radical (unpaired) electrons. The van der Waals surface area contributed by atoms with Crippen LogP contribution in [0, 0.1) is 15.9 Å². The second kappa shape index (κ2) is 7.26. The summed E-state index contributed by atoms with van der Waals surface area (Å²) in [4.78, 5) is 13.2. The van der Waals surface area contributed by atoms with E-state index in [2.05, 4.69) is 9.71 Å². The van der Waals surface area contributed by atoms with Crippen molar-refractivity contribution in [2.75, 3.05) is 4.72 Å². The maximum Gasteiger partial charge on any atom is 0.269 e. The second-order valence-corrected chi connectivity index (χ2v) is 10.2. The number of nitrogens with zero attached hydrogens (tertiary/aromatic N) is 2. The highest BCUT2D eigenvalue weighted by Gasteiger charge is 2.24. The Kier molecular flexibility index (Phi) is 5.14. The van der Waals surface area contributed by atoms with Crippen molar-refractivity contribution in [1.29, 1.82) is 0 Å².